The van der Waals surface area contributed by atoms with Crippen LogP contribution in [0.4, 0.5) is 5.69 Å². The van der Waals surface area contributed by atoms with Gasteiger partial charge in [-0.1, -0.05) is 5.16 Å². The number of rotatable bonds is 4. The maximum Gasteiger partial charge on any atom is 0.241 e. The van der Waals surface area contributed by atoms with E-state index in [-0.39, 0.29) is 17.3 Å². The van der Waals surface area contributed by atoms with Crippen molar-refractivity contribution in [3.05, 3.63) is 35.0 Å². The fourth-order valence-electron chi connectivity index (χ4n) is 1.78. The van der Waals surface area contributed by atoms with Crippen LogP contribution in [0, 0.1) is 20.8 Å². The van der Waals surface area contributed by atoms with Gasteiger partial charge in [0.25, 0.3) is 0 Å². The van der Waals surface area contributed by atoms with Crippen LogP contribution in [0.15, 0.2) is 21.6 Å². The molecular weight excluding hydrogens is 280 g/mol. The predicted octanol–water partition coefficient (Wildman–Crippen LogP) is 1.06. The number of anilines is 1. The minimum absolute atomic E-state index is 0.0591. The highest BCUT2D eigenvalue weighted by molar-refractivity contribution is 7.89. The van der Waals surface area contributed by atoms with Crippen molar-refractivity contribution >= 4 is 15.7 Å². The Labute approximate surface area is 117 Å². The summed E-state index contributed by atoms with van der Waals surface area (Å²) < 4.78 is 31.8. The molecule has 1 aromatic carbocycles. The summed E-state index contributed by atoms with van der Waals surface area (Å²) in [6.07, 6.45) is 0. The molecule has 0 amide bonds. The lowest BCUT2D eigenvalue weighted by Gasteiger charge is -2.11. The average Bonchev–Trinajstić information content (AvgIpc) is 2.77. The molecule has 0 unspecified atom stereocenters. The van der Waals surface area contributed by atoms with Gasteiger partial charge in [0.15, 0.2) is 5.82 Å². The van der Waals surface area contributed by atoms with Crippen molar-refractivity contribution in [2.75, 3.05) is 5.73 Å². The largest absolute Gasteiger partial charge is 0.399 e. The molecule has 0 spiro atoms. The lowest BCUT2D eigenvalue weighted by Crippen LogP contribution is -2.24. The van der Waals surface area contributed by atoms with Gasteiger partial charge in [0.1, 0.15) is 0 Å². The number of nitrogen functional groups attached to an aromatic ring is 1. The van der Waals surface area contributed by atoms with Crippen molar-refractivity contribution in [2.45, 2.75) is 32.2 Å². The van der Waals surface area contributed by atoms with Crippen molar-refractivity contribution in [3.63, 3.8) is 0 Å². The van der Waals surface area contributed by atoms with Gasteiger partial charge in [-0.05, 0) is 44.0 Å². The molecule has 0 aliphatic carbocycles. The van der Waals surface area contributed by atoms with E-state index in [4.69, 9.17) is 10.3 Å². The summed E-state index contributed by atoms with van der Waals surface area (Å²) in [7, 11) is -3.68. The summed E-state index contributed by atoms with van der Waals surface area (Å²) >= 11 is 0. The van der Waals surface area contributed by atoms with E-state index in [9.17, 15) is 8.42 Å². The summed E-state index contributed by atoms with van der Waals surface area (Å²) in [4.78, 5) is 4.09. The normalized spacial score (nSPS) is 11.8. The van der Waals surface area contributed by atoms with E-state index in [1.54, 1.807) is 19.9 Å². The Kier molecular flexibility index (Phi) is 3.78. The topological polar surface area (TPSA) is 111 Å². The number of nitrogens with zero attached hydrogens (tertiary/aromatic N) is 2. The molecule has 3 N–H and O–H groups in total. The molecular formula is C12H16N4O3S. The molecule has 0 saturated carbocycles. The lowest BCUT2D eigenvalue weighted by atomic mass is 10.1. The molecule has 2 rings (SSSR count). The summed E-state index contributed by atoms with van der Waals surface area (Å²) in [5, 5.41) is 3.59. The number of benzene rings is 1. The smallest absolute Gasteiger partial charge is 0.241 e. The van der Waals surface area contributed by atoms with Gasteiger partial charge in [0, 0.05) is 5.69 Å². The zero-order chi connectivity index (χ0) is 14.9. The molecule has 0 aliphatic heterocycles. The SMILES string of the molecule is Cc1noc(CNS(=O)(=O)c2cc(N)cc(C)c2C)n1. The second kappa shape index (κ2) is 5.22. The Hall–Kier alpha value is -1.93. The van der Waals surface area contributed by atoms with Crippen molar-refractivity contribution in [2.24, 2.45) is 0 Å². The highest BCUT2D eigenvalue weighted by atomic mass is 32.2. The first kappa shape index (κ1) is 14.5. The monoisotopic (exact) mass is 296 g/mol. The minimum atomic E-state index is -3.68. The van der Waals surface area contributed by atoms with Crippen molar-refractivity contribution < 1.29 is 12.9 Å². The van der Waals surface area contributed by atoms with E-state index in [0.29, 0.717) is 17.1 Å². The molecule has 1 heterocycles. The highest BCUT2D eigenvalue weighted by Crippen LogP contribution is 2.22. The second-order valence-corrected chi connectivity index (χ2v) is 6.26. The van der Waals surface area contributed by atoms with Gasteiger partial charge in [-0.3, -0.25) is 0 Å². The van der Waals surface area contributed by atoms with Crippen LogP contribution >= 0.6 is 0 Å². The number of hydrogen-bond donors (Lipinski definition) is 2. The van der Waals surface area contributed by atoms with E-state index >= 15 is 0 Å². The van der Waals surface area contributed by atoms with Crippen molar-refractivity contribution in [1.82, 2.24) is 14.9 Å². The first-order valence-electron chi connectivity index (χ1n) is 5.95. The Morgan fingerprint density at radius 1 is 1.30 bits per heavy atom. The van der Waals surface area contributed by atoms with Gasteiger partial charge in [-0.15, -0.1) is 0 Å². The Morgan fingerprint density at radius 2 is 2.00 bits per heavy atom. The second-order valence-electron chi connectivity index (χ2n) is 4.52. The summed E-state index contributed by atoms with van der Waals surface area (Å²) in [5.41, 5.74) is 7.59. The van der Waals surface area contributed by atoms with Gasteiger partial charge < -0.3 is 10.3 Å². The van der Waals surface area contributed by atoms with Crippen LogP contribution in [0.1, 0.15) is 22.8 Å². The number of nitrogens with one attached hydrogen (secondary N) is 1. The van der Waals surface area contributed by atoms with Crippen LogP contribution in [0.5, 0.6) is 0 Å². The van der Waals surface area contributed by atoms with Crippen LogP contribution in [0.2, 0.25) is 0 Å². The lowest BCUT2D eigenvalue weighted by molar-refractivity contribution is 0.372. The summed E-state index contributed by atoms with van der Waals surface area (Å²) in [6.45, 7) is 5.15. The van der Waals surface area contributed by atoms with E-state index in [2.05, 4.69) is 14.9 Å². The van der Waals surface area contributed by atoms with Crippen LogP contribution in [0.25, 0.3) is 0 Å². The number of aryl methyl sites for hydroxylation is 2. The maximum atomic E-state index is 12.3. The third-order valence-corrected chi connectivity index (χ3v) is 4.44. The number of sulfonamides is 1. The molecule has 0 atom stereocenters. The zero-order valence-electron chi connectivity index (χ0n) is 11.5. The van der Waals surface area contributed by atoms with Crippen LogP contribution in [0.3, 0.4) is 0 Å². The van der Waals surface area contributed by atoms with Gasteiger partial charge in [0.2, 0.25) is 15.9 Å². The molecule has 8 heteroatoms. The molecule has 0 radical (unpaired) electrons. The quantitative estimate of drug-likeness (QED) is 0.816. The molecule has 7 nitrogen and oxygen atoms in total. The van der Waals surface area contributed by atoms with Gasteiger partial charge in [-0.2, -0.15) is 4.98 Å². The van der Waals surface area contributed by atoms with E-state index < -0.39 is 10.0 Å². The molecule has 108 valence electrons. The molecule has 0 bridgehead atoms. The number of hydrogen-bond acceptors (Lipinski definition) is 6. The molecule has 20 heavy (non-hydrogen) atoms. The Bertz CT molecular complexity index is 737. The zero-order valence-corrected chi connectivity index (χ0v) is 12.3. The van der Waals surface area contributed by atoms with E-state index in [0.717, 1.165) is 5.56 Å². The molecule has 2 aromatic rings. The predicted molar refractivity (Wildman–Crippen MR) is 73.4 cm³/mol. The van der Waals surface area contributed by atoms with Crippen LogP contribution in [-0.2, 0) is 16.6 Å². The Morgan fingerprint density at radius 3 is 2.60 bits per heavy atom. The van der Waals surface area contributed by atoms with Crippen molar-refractivity contribution in [1.29, 1.82) is 0 Å². The number of nitrogens with two attached hydrogens (primary N) is 1. The average molecular weight is 296 g/mol. The first-order valence-corrected chi connectivity index (χ1v) is 7.43. The van der Waals surface area contributed by atoms with Crippen LogP contribution in [-0.4, -0.2) is 18.6 Å². The maximum absolute atomic E-state index is 12.3. The molecule has 0 saturated heterocycles. The standard InChI is InChI=1S/C12H16N4O3S/c1-7-4-10(13)5-11(8(7)2)20(17,18)14-6-12-15-9(3)16-19-12/h4-5,14H,6,13H2,1-3H3. The molecule has 0 fully saturated rings. The van der Waals surface area contributed by atoms with Gasteiger partial charge >= 0.3 is 0 Å². The summed E-state index contributed by atoms with van der Waals surface area (Å²) in [6, 6.07) is 3.17. The number of aromatic nitrogens is 2. The van der Waals surface area contributed by atoms with Gasteiger partial charge in [0.05, 0.1) is 11.4 Å². The fraction of sp³-hybridized carbons (Fsp3) is 0.333. The third-order valence-electron chi connectivity index (χ3n) is 2.91. The molecule has 1 aromatic heterocycles. The summed E-state index contributed by atoms with van der Waals surface area (Å²) in [5.74, 6) is 0.666. The third kappa shape index (κ3) is 2.97. The van der Waals surface area contributed by atoms with Crippen LogP contribution < -0.4 is 10.5 Å². The van der Waals surface area contributed by atoms with E-state index in [1.807, 2.05) is 6.92 Å². The van der Waals surface area contributed by atoms with E-state index in [1.165, 1.54) is 6.07 Å². The Balaban J connectivity index is 2.27. The minimum Gasteiger partial charge on any atom is -0.399 e. The fourth-order valence-corrected chi connectivity index (χ4v) is 3.10. The highest BCUT2D eigenvalue weighted by Gasteiger charge is 2.19. The van der Waals surface area contributed by atoms with Gasteiger partial charge in [-0.25, -0.2) is 13.1 Å². The molecule has 0 aliphatic rings. The van der Waals surface area contributed by atoms with Crippen molar-refractivity contribution in [3.8, 4) is 0 Å². The first-order chi connectivity index (χ1) is 9.29.